The average Bonchev–Trinajstić information content (AvgIpc) is 2.98. The summed E-state index contributed by atoms with van der Waals surface area (Å²) < 4.78 is 11.0. The van der Waals surface area contributed by atoms with Crippen LogP contribution in [0.3, 0.4) is 0 Å². The van der Waals surface area contributed by atoms with Crippen LogP contribution in [-0.2, 0) is 15.3 Å². The van der Waals surface area contributed by atoms with Crippen LogP contribution in [0.2, 0.25) is 0 Å². The number of esters is 1. The lowest BCUT2D eigenvalue weighted by Gasteiger charge is -1.98. The number of hydrogen-bond donors (Lipinski definition) is 0. The number of carbonyl (C=O) groups is 1. The second kappa shape index (κ2) is 7.06. The number of nitrogens with zero attached hydrogens (tertiary/aromatic N) is 2. The SMILES string of the molecule is CCOC(=O)CSCc1nc(-c2cc(Br)cs2)no1. The molecule has 0 radical (unpaired) electrons. The van der Waals surface area contributed by atoms with Crippen LogP contribution >= 0.6 is 39.0 Å². The van der Waals surface area contributed by atoms with Gasteiger partial charge in [0.1, 0.15) is 0 Å². The van der Waals surface area contributed by atoms with Crippen molar-refractivity contribution in [2.24, 2.45) is 0 Å². The lowest BCUT2D eigenvalue weighted by atomic mass is 10.4. The summed E-state index contributed by atoms with van der Waals surface area (Å²) in [6.07, 6.45) is 0. The average molecular weight is 363 g/mol. The topological polar surface area (TPSA) is 65.2 Å². The second-order valence-electron chi connectivity index (χ2n) is 3.44. The summed E-state index contributed by atoms with van der Waals surface area (Å²) in [5.41, 5.74) is 0. The first-order valence-corrected chi connectivity index (χ1v) is 8.32. The zero-order chi connectivity index (χ0) is 13.7. The van der Waals surface area contributed by atoms with Crippen molar-refractivity contribution in [2.45, 2.75) is 12.7 Å². The maximum absolute atomic E-state index is 11.1. The molecule has 0 spiro atoms. The fraction of sp³-hybridized carbons (Fsp3) is 0.364. The normalized spacial score (nSPS) is 10.6. The number of aromatic nitrogens is 2. The summed E-state index contributed by atoms with van der Waals surface area (Å²) in [7, 11) is 0. The van der Waals surface area contributed by atoms with Crippen molar-refractivity contribution < 1.29 is 14.1 Å². The van der Waals surface area contributed by atoms with Crippen molar-refractivity contribution >= 4 is 45.0 Å². The Morgan fingerprint density at radius 2 is 2.47 bits per heavy atom. The van der Waals surface area contributed by atoms with Gasteiger partial charge in [-0.2, -0.15) is 4.98 Å². The van der Waals surface area contributed by atoms with Crippen LogP contribution in [0, 0.1) is 0 Å². The molecule has 8 heteroatoms. The molecular formula is C11H11BrN2O3S2. The Morgan fingerprint density at radius 1 is 1.63 bits per heavy atom. The summed E-state index contributed by atoms with van der Waals surface area (Å²) in [6, 6.07) is 1.94. The van der Waals surface area contributed by atoms with Crippen LogP contribution in [0.5, 0.6) is 0 Å². The molecular weight excluding hydrogens is 352 g/mol. The quantitative estimate of drug-likeness (QED) is 0.734. The Hall–Kier alpha value is -0.860. The minimum Gasteiger partial charge on any atom is -0.465 e. The molecule has 0 aromatic carbocycles. The van der Waals surface area contributed by atoms with Crippen molar-refractivity contribution in [3.8, 4) is 10.7 Å². The van der Waals surface area contributed by atoms with Gasteiger partial charge in [0.15, 0.2) is 0 Å². The summed E-state index contributed by atoms with van der Waals surface area (Å²) in [5, 5.41) is 5.87. The molecule has 0 bridgehead atoms. The van der Waals surface area contributed by atoms with Gasteiger partial charge in [0.05, 0.1) is 23.0 Å². The van der Waals surface area contributed by atoms with E-state index in [1.54, 1.807) is 6.92 Å². The first-order valence-electron chi connectivity index (χ1n) is 5.49. The van der Waals surface area contributed by atoms with E-state index in [0.717, 1.165) is 9.35 Å². The lowest BCUT2D eigenvalue weighted by molar-refractivity contribution is -0.139. The monoisotopic (exact) mass is 362 g/mol. The molecule has 0 saturated heterocycles. The van der Waals surface area contributed by atoms with Crippen molar-refractivity contribution in [3.05, 3.63) is 21.8 Å². The van der Waals surface area contributed by atoms with Gasteiger partial charge >= 0.3 is 5.97 Å². The largest absolute Gasteiger partial charge is 0.465 e. The van der Waals surface area contributed by atoms with E-state index in [-0.39, 0.29) is 11.7 Å². The number of hydrogen-bond acceptors (Lipinski definition) is 7. The van der Waals surface area contributed by atoms with Gasteiger partial charge in [-0.1, -0.05) is 5.16 Å². The van der Waals surface area contributed by atoms with Gasteiger partial charge in [0.2, 0.25) is 11.7 Å². The minimum atomic E-state index is -0.227. The second-order valence-corrected chi connectivity index (χ2v) is 6.25. The third-order valence-corrected chi connectivity index (χ3v) is 4.58. The van der Waals surface area contributed by atoms with Crippen LogP contribution in [0.25, 0.3) is 10.7 Å². The highest BCUT2D eigenvalue weighted by molar-refractivity contribution is 9.10. The number of rotatable bonds is 6. The van der Waals surface area contributed by atoms with E-state index in [2.05, 4.69) is 26.1 Å². The Bertz CT molecular complexity index is 556. The first kappa shape index (κ1) is 14.5. The van der Waals surface area contributed by atoms with Gasteiger partial charge in [0.25, 0.3) is 0 Å². The summed E-state index contributed by atoms with van der Waals surface area (Å²) in [4.78, 5) is 16.4. The van der Waals surface area contributed by atoms with Gasteiger partial charge in [0, 0.05) is 9.85 Å². The predicted molar refractivity (Wildman–Crippen MR) is 78.1 cm³/mol. The molecule has 0 saturated carbocycles. The molecule has 0 atom stereocenters. The van der Waals surface area contributed by atoms with Crippen LogP contribution < -0.4 is 0 Å². The third-order valence-electron chi connectivity index (χ3n) is 2.01. The van der Waals surface area contributed by atoms with E-state index in [4.69, 9.17) is 9.26 Å². The summed E-state index contributed by atoms with van der Waals surface area (Å²) >= 11 is 6.31. The molecule has 0 N–H and O–H groups in total. The van der Waals surface area contributed by atoms with E-state index in [0.29, 0.717) is 24.1 Å². The number of ether oxygens (including phenoxy) is 1. The van der Waals surface area contributed by atoms with Gasteiger partial charge in [-0.3, -0.25) is 4.79 Å². The summed E-state index contributed by atoms with van der Waals surface area (Å²) in [5.74, 6) is 1.64. The molecule has 102 valence electrons. The van der Waals surface area contributed by atoms with E-state index in [1.165, 1.54) is 23.1 Å². The molecule has 0 aliphatic carbocycles. The van der Waals surface area contributed by atoms with Crippen LogP contribution in [0.1, 0.15) is 12.8 Å². The Morgan fingerprint density at radius 3 is 3.16 bits per heavy atom. The number of thiophene rings is 1. The Kier molecular flexibility index (Phi) is 5.41. The maximum atomic E-state index is 11.1. The maximum Gasteiger partial charge on any atom is 0.315 e. The van der Waals surface area contributed by atoms with Crippen molar-refractivity contribution in [1.82, 2.24) is 10.1 Å². The molecule has 5 nitrogen and oxygen atoms in total. The molecule has 0 aliphatic heterocycles. The molecule has 19 heavy (non-hydrogen) atoms. The number of carbonyl (C=O) groups excluding carboxylic acids is 1. The highest BCUT2D eigenvalue weighted by Crippen LogP contribution is 2.28. The van der Waals surface area contributed by atoms with E-state index >= 15 is 0 Å². The highest BCUT2D eigenvalue weighted by Gasteiger charge is 2.11. The smallest absolute Gasteiger partial charge is 0.315 e. The predicted octanol–water partition coefficient (Wildman–Crippen LogP) is 3.36. The number of halogens is 1. The van der Waals surface area contributed by atoms with Crippen LogP contribution in [0.15, 0.2) is 20.4 Å². The Labute approximate surface area is 126 Å². The van der Waals surface area contributed by atoms with Crippen molar-refractivity contribution in [2.75, 3.05) is 12.4 Å². The molecule has 0 unspecified atom stereocenters. The van der Waals surface area contributed by atoms with E-state index in [1.807, 2.05) is 11.4 Å². The fourth-order valence-corrected chi connectivity index (χ4v) is 3.26. The molecule has 2 aromatic heterocycles. The Balaban J connectivity index is 1.86. The van der Waals surface area contributed by atoms with Crippen molar-refractivity contribution in [1.29, 1.82) is 0 Å². The number of thioether (sulfide) groups is 1. The molecule has 2 aromatic rings. The molecule has 0 aliphatic rings. The fourth-order valence-electron chi connectivity index (χ4n) is 1.27. The first-order chi connectivity index (χ1) is 9.19. The van der Waals surface area contributed by atoms with Crippen LogP contribution in [0.4, 0.5) is 0 Å². The molecule has 2 rings (SSSR count). The minimum absolute atomic E-state index is 0.227. The third kappa shape index (κ3) is 4.32. The van der Waals surface area contributed by atoms with Gasteiger partial charge < -0.3 is 9.26 Å². The van der Waals surface area contributed by atoms with Crippen molar-refractivity contribution in [3.63, 3.8) is 0 Å². The van der Waals surface area contributed by atoms with E-state index in [9.17, 15) is 4.79 Å². The van der Waals surface area contributed by atoms with Gasteiger partial charge in [-0.25, -0.2) is 0 Å². The zero-order valence-corrected chi connectivity index (χ0v) is 13.3. The molecule has 0 amide bonds. The lowest BCUT2D eigenvalue weighted by Crippen LogP contribution is -2.06. The van der Waals surface area contributed by atoms with E-state index < -0.39 is 0 Å². The van der Waals surface area contributed by atoms with Gasteiger partial charge in [-0.05, 0) is 28.9 Å². The molecule has 2 heterocycles. The highest BCUT2D eigenvalue weighted by atomic mass is 79.9. The van der Waals surface area contributed by atoms with Gasteiger partial charge in [-0.15, -0.1) is 23.1 Å². The zero-order valence-electron chi connectivity index (χ0n) is 10.1. The molecule has 0 fully saturated rings. The summed E-state index contributed by atoms with van der Waals surface area (Å²) in [6.45, 7) is 2.18. The van der Waals surface area contributed by atoms with Crippen LogP contribution in [-0.4, -0.2) is 28.5 Å². The standard InChI is InChI=1S/C11H11BrN2O3S2/c1-2-16-10(15)6-18-5-9-13-11(14-17-9)8-3-7(12)4-19-8/h3-4H,2,5-6H2,1H3.